The molecule has 0 aliphatic rings. The van der Waals surface area contributed by atoms with Gasteiger partial charge in [0.25, 0.3) is 5.56 Å². The minimum absolute atomic E-state index is 0.0171. The summed E-state index contributed by atoms with van der Waals surface area (Å²) in [6, 6.07) is 1.85. The highest BCUT2D eigenvalue weighted by Gasteiger charge is 2.22. The highest BCUT2D eigenvalue weighted by molar-refractivity contribution is 7.71. The lowest BCUT2D eigenvalue weighted by molar-refractivity contribution is 0.309. The molecular formula is C12H16N2OS2. The van der Waals surface area contributed by atoms with Crippen molar-refractivity contribution in [1.29, 1.82) is 0 Å². The Morgan fingerprint density at radius 3 is 2.88 bits per heavy atom. The van der Waals surface area contributed by atoms with E-state index in [1.54, 1.807) is 4.57 Å². The first-order valence-electron chi connectivity index (χ1n) is 5.70. The summed E-state index contributed by atoms with van der Waals surface area (Å²) in [4.78, 5) is 16.4. The first-order chi connectivity index (χ1) is 7.97. The molecule has 2 aromatic heterocycles. The lowest BCUT2D eigenvalue weighted by Gasteiger charge is -2.27. The van der Waals surface area contributed by atoms with Crippen LogP contribution in [0.1, 0.15) is 33.6 Å². The van der Waals surface area contributed by atoms with E-state index >= 15 is 0 Å². The van der Waals surface area contributed by atoms with E-state index in [1.807, 2.05) is 11.4 Å². The van der Waals surface area contributed by atoms with Gasteiger partial charge in [-0.3, -0.25) is 9.36 Å². The van der Waals surface area contributed by atoms with E-state index in [4.69, 9.17) is 12.2 Å². The molecule has 2 rings (SSSR count). The van der Waals surface area contributed by atoms with Crippen molar-refractivity contribution in [2.45, 2.75) is 39.2 Å². The van der Waals surface area contributed by atoms with E-state index in [0.29, 0.717) is 4.77 Å². The molecule has 0 aromatic carbocycles. The Morgan fingerprint density at radius 2 is 2.24 bits per heavy atom. The van der Waals surface area contributed by atoms with Gasteiger partial charge in [-0.25, -0.2) is 0 Å². The molecular weight excluding hydrogens is 252 g/mol. The number of thiophene rings is 1. The number of hydrogen-bond donors (Lipinski definition) is 1. The van der Waals surface area contributed by atoms with Crippen LogP contribution in [0.2, 0.25) is 0 Å². The molecule has 3 nitrogen and oxygen atoms in total. The van der Waals surface area contributed by atoms with Crippen LogP contribution < -0.4 is 5.56 Å². The zero-order valence-corrected chi connectivity index (χ0v) is 11.9. The van der Waals surface area contributed by atoms with Gasteiger partial charge in [-0.2, -0.15) is 0 Å². The second kappa shape index (κ2) is 4.38. The van der Waals surface area contributed by atoms with Crippen molar-refractivity contribution in [2.75, 3.05) is 0 Å². The van der Waals surface area contributed by atoms with Gasteiger partial charge in [0.05, 0.1) is 5.39 Å². The molecule has 0 saturated carbocycles. The number of fused-ring (bicyclic) bond motifs is 1. The third-order valence-electron chi connectivity index (χ3n) is 2.99. The number of nitrogens with one attached hydrogen (secondary N) is 1. The molecule has 2 aromatic rings. The van der Waals surface area contributed by atoms with Crippen LogP contribution in [0.25, 0.3) is 10.2 Å². The van der Waals surface area contributed by atoms with Gasteiger partial charge in [0.15, 0.2) is 4.77 Å². The van der Waals surface area contributed by atoms with Crippen LogP contribution in [0.3, 0.4) is 0 Å². The molecule has 0 radical (unpaired) electrons. The Kier molecular flexibility index (Phi) is 3.23. The summed E-state index contributed by atoms with van der Waals surface area (Å²) in [6.07, 6.45) is 1.95. The number of aromatic amines is 1. The van der Waals surface area contributed by atoms with Gasteiger partial charge < -0.3 is 4.98 Å². The average molecular weight is 268 g/mol. The van der Waals surface area contributed by atoms with Gasteiger partial charge in [0, 0.05) is 5.54 Å². The lowest BCUT2D eigenvalue weighted by Crippen LogP contribution is -2.37. The molecule has 0 saturated heterocycles. The number of aromatic nitrogens is 2. The molecule has 0 bridgehead atoms. The van der Waals surface area contributed by atoms with Gasteiger partial charge >= 0.3 is 0 Å². The van der Waals surface area contributed by atoms with Gasteiger partial charge in [0.1, 0.15) is 4.83 Å². The highest BCUT2D eigenvalue weighted by atomic mass is 32.1. The van der Waals surface area contributed by atoms with E-state index in [2.05, 4.69) is 25.8 Å². The number of nitrogens with zero attached hydrogens (tertiary/aromatic N) is 1. The zero-order chi connectivity index (χ0) is 12.6. The van der Waals surface area contributed by atoms with Crippen LogP contribution in [-0.4, -0.2) is 9.55 Å². The zero-order valence-electron chi connectivity index (χ0n) is 10.2. The Bertz CT molecular complexity index is 648. The maximum absolute atomic E-state index is 12.4. The molecule has 0 fully saturated rings. The van der Waals surface area contributed by atoms with Crippen LogP contribution in [0.5, 0.6) is 0 Å². The Hall–Kier alpha value is -0.940. The van der Waals surface area contributed by atoms with Crippen LogP contribution in [-0.2, 0) is 5.54 Å². The van der Waals surface area contributed by atoms with Crippen LogP contribution in [0.15, 0.2) is 16.2 Å². The smallest absolute Gasteiger partial charge is 0.263 e. The predicted molar refractivity (Wildman–Crippen MR) is 75.5 cm³/mol. The average Bonchev–Trinajstić information content (AvgIpc) is 2.64. The molecule has 2 heterocycles. The predicted octanol–water partition coefficient (Wildman–Crippen LogP) is 3.66. The fourth-order valence-corrected chi connectivity index (χ4v) is 3.49. The Balaban J connectivity index is 2.77. The molecule has 92 valence electrons. The highest BCUT2D eigenvalue weighted by Crippen LogP contribution is 2.22. The van der Waals surface area contributed by atoms with E-state index in [0.717, 1.165) is 23.1 Å². The number of hydrogen-bond acceptors (Lipinski definition) is 3. The minimum atomic E-state index is -0.241. The van der Waals surface area contributed by atoms with Crippen molar-refractivity contribution < 1.29 is 0 Å². The lowest BCUT2D eigenvalue weighted by atomic mass is 9.98. The largest absolute Gasteiger partial charge is 0.323 e. The molecule has 0 aliphatic carbocycles. The normalized spacial score (nSPS) is 12.2. The van der Waals surface area contributed by atoms with E-state index in [9.17, 15) is 4.79 Å². The molecule has 0 spiro atoms. The van der Waals surface area contributed by atoms with Crippen molar-refractivity contribution in [3.05, 3.63) is 26.6 Å². The summed E-state index contributed by atoms with van der Waals surface area (Å²) in [7, 11) is 0. The third kappa shape index (κ3) is 2.09. The van der Waals surface area contributed by atoms with Crippen molar-refractivity contribution >= 4 is 33.8 Å². The number of H-pyrrole nitrogens is 1. The maximum atomic E-state index is 12.4. The van der Waals surface area contributed by atoms with Crippen molar-refractivity contribution in [1.82, 2.24) is 9.55 Å². The van der Waals surface area contributed by atoms with Gasteiger partial charge in [-0.1, -0.05) is 13.3 Å². The van der Waals surface area contributed by atoms with Crippen LogP contribution in [0, 0.1) is 4.77 Å². The topological polar surface area (TPSA) is 37.8 Å². The fourth-order valence-electron chi connectivity index (χ4n) is 2.21. The van der Waals surface area contributed by atoms with E-state index in [1.165, 1.54) is 11.3 Å². The van der Waals surface area contributed by atoms with Crippen LogP contribution >= 0.6 is 23.6 Å². The summed E-state index contributed by atoms with van der Waals surface area (Å²) >= 11 is 6.82. The quantitative estimate of drug-likeness (QED) is 0.863. The first-order valence-corrected chi connectivity index (χ1v) is 6.99. The minimum Gasteiger partial charge on any atom is -0.323 e. The Labute approximate surface area is 109 Å². The number of rotatable bonds is 3. The summed E-state index contributed by atoms with van der Waals surface area (Å²) in [5, 5.41) is 2.64. The molecule has 0 atom stereocenters. The molecule has 17 heavy (non-hydrogen) atoms. The molecule has 1 N–H and O–H groups in total. The standard InChI is InChI=1S/C12H16N2OS2/c1-4-6-12(2,3)14-10(15)8-5-7-17-9(8)13-11(14)16/h5,7H,4,6H2,1-3H3,(H,13,16). The van der Waals surface area contributed by atoms with Gasteiger partial charge in [-0.05, 0) is 43.9 Å². The summed E-state index contributed by atoms with van der Waals surface area (Å²) in [6.45, 7) is 6.22. The second-order valence-electron chi connectivity index (χ2n) is 4.80. The summed E-state index contributed by atoms with van der Waals surface area (Å²) < 4.78 is 2.23. The SMILES string of the molecule is CCCC(C)(C)n1c(=S)[nH]c2sccc2c1=O. The molecule has 0 unspecified atom stereocenters. The van der Waals surface area contributed by atoms with Gasteiger partial charge in [-0.15, -0.1) is 11.3 Å². The molecule has 5 heteroatoms. The summed E-state index contributed by atoms with van der Waals surface area (Å²) in [5.41, 5.74) is -0.223. The van der Waals surface area contributed by atoms with Crippen LogP contribution in [0.4, 0.5) is 0 Å². The monoisotopic (exact) mass is 268 g/mol. The maximum Gasteiger partial charge on any atom is 0.263 e. The second-order valence-corrected chi connectivity index (χ2v) is 6.10. The van der Waals surface area contributed by atoms with Crippen molar-refractivity contribution in [2.24, 2.45) is 0 Å². The molecule has 0 aliphatic heterocycles. The first kappa shape index (κ1) is 12.5. The van der Waals surface area contributed by atoms with Crippen molar-refractivity contribution in [3.63, 3.8) is 0 Å². The molecule has 0 amide bonds. The van der Waals surface area contributed by atoms with Gasteiger partial charge in [0.2, 0.25) is 0 Å². The Morgan fingerprint density at radius 1 is 1.53 bits per heavy atom. The van der Waals surface area contributed by atoms with Crippen molar-refractivity contribution in [3.8, 4) is 0 Å². The fraction of sp³-hybridized carbons (Fsp3) is 0.500. The third-order valence-corrected chi connectivity index (χ3v) is 4.10. The van der Waals surface area contributed by atoms with E-state index in [-0.39, 0.29) is 11.1 Å². The van der Waals surface area contributed by atoms with E-state index < -0.39 is 0 Å². The summed E-state index contributed by atoms with van der Waals surface area (Å²) in [5.74, 6) is 0.